The van der Waals surface area contributed by atoms with Gasteiger partial charge in [-0.25, -0.2) is 0 Å². The first kappa shape index (κ1) is 29.1. The molecule has 0 spiro atoms. The predicted octanol–water partition coefficient (Wildman–Crippen LogP) is 6.73. The van der Waals surface area contributed by atoms with Crippen LogP contribution in [0.25, 0.3) is 0 Å². The Bertz CT molecular complexity index is 1300. The molecule has 0 radical (unpaired) electrons. The van der Waals surface area contributed by atoms with Crippen LogP contribution in [0.15, 0.2) is 23.3 Å². The summed E-state index contributed by atoms with van der Waals surface area (Å²) in [4.78, 5) is 40.3. The Morgan fingerprint density at radius 3 is 2.25 bits per heavy atom. The highest BCUT2D eigenvalue weighted by Gasteiger charge is 2.70. The lowest BCUT2D eigenvalue weighted by atomic mass is 9.35. The van der Waals surface area contributed by atoms with E-state index in [-0.39, 0.29) is 34.4 Å². The fourth-order valence-corrected chi connectivity index (χ4v) is 10.2. The van der Waals surface area contributed by atoms with Crippen LogP contribution in [0.5, 0.6) is 0 Å². The largest absolute Gasteiger partial charge is 0.345 e. The monoisotopic (exact) mass is 554 g/mol. The quantitative estimate of drug-likeness (QED) is 0.410. The Hall–Kier alpha value is -2.36. The molecule has 0 aromatic heterocycles. The van der Waals surface area contributed by atoms with Gasteiger partial charge in [0.1, 0.15) is 6.07 Å². The maximum Gasteiger partial charge on any atom is 0.321 e. The van der Waals surface area contributed by atoms with E-state index in [1.165, 1.54) is 0 Å². The highest BCUT2D eigenvalue weighted by molar-refractivity contribution is 6.04. The summed E-state index contributed by atoms with van der Waals surface area (Å²) in [6, 6.07) is 2.13. The molecule has 5 aliphatic carbocycles. The Kier molecular flexibility index (Phi) is 6.09. The lowest BCUT2D eigenvalue weighted by Gasteiger charge is -2.69. The molecule has 3 saturated carbocycles. The van der Waals surface area contributed by atoms with E-state index in [0.29, 0.717) is 32.6 Å². The van der Waals surface area contributed by atoms with Crippen molar-refractivity contribution in [1.82, 2.24) is 5.32 Å². The summed E-state index contributed by atoms with van der Waals surface area (Å²) in [6.07, 6.45) is 8.42. The van der Waals surface area contributed by atoms with Crippen LogP contribution >= 0.6 is 0 Å². The number of alkyl halides is 2. The number of nitrogens with one attached hydrogen (secondary N) is 1. The van der Waals surface area contributed by atoms with E-state index in [0.717, 1.165) is 24.8 Å². The van der Waals surface area contributed by atoms with Crippen molar-refractivity contribution in [2.45, 2.75) is 112 Å². The average molecular weight is 555 g/mol. The van der Waals surface area contributed by atoms with Crippen molar-refractivity contribution in [2.75, 3.05) is 0 Å². The molecular formula is C33H44F2N2O3. The molecule has 1 amide bonds. The number of nitriles is 1. The summed E-state index contributed by atoms with van der Waals surface area (Å²) in [5.74, 6) is -5.62. The van der Waals surface area contributed by atoms with Crippen molar-refractivity contribution in [2.24, 2.45) is 44.8 Å². The molecule has 218 valence electrons. The van der Waals surface area contributed by atoms with Gasteiger partial charge >= 0.3 is 5.92 Å². The molecule has 0 aromatic rings. The van der Waals surface area contributed by atoms with Gasteiger partial charge in [0.25, 0.3) is 5.91 Å². The number of allylic oxidation sites excluding steroid dienone is 4. The second-order valence-corrected chi connectivity index (χ2v) is 15.8. The fourth-order valence-electron chi connectivity index (χ4n) is 10.2. The highest BCUT2D eigenvalue weighted by Crippen LogP contribution is 2.73. The van der Waals surface area contributed by atoms with Crippen molar-refractivity contribution < 1.29 is 23.2 Å². The van der Waals surface area contributed by atoms with Gasteiger partial charge in [0.2, 0.25) is 0 Å². The molecule has 0 aliphatic heterocycles. The van der Waals surface area contributed by atoms with Gasteiger partial charge in [0.05, 0.1) is 5.57 Å². The summed E-state index contributed by atoms with van der Waals surface area (Å²) in [5.41, 5.74) is -1.98. The summed E-state index contributed by atoms with van der Waals surface area (Å²) < 4.78 is 28.3. The van der Waals surface area contributed by atoms with Crippen LogP contribution in [-0.2, 0) is 14.4 Å². The summed E-state index contributed by atoms with van der Waals surface area (Å²) in [6.45, 7) is 15.3. The number of hydrogen-bond acceptors (Lipinski definition) is 4. The fraction of sp³-hybridized carbons (Fsp3) is 0.758. The van der Waals surface area contributed by atoms with E-state index in [2.05, 4.69) is 46.0 Å². The number of carbonyl (C=O) groups excluding carboxylic acids is 3. The van der Waals surface area contributed by atoms with Crippen molar-refractivity contribution >= 4 is 17.5 Å². The molecule has 0 heterocycles. The number of carbonyl (C=O) groups is 3. The van der Waals surface area contributed by atoms with Crippen LogP contribution in [-0.4, -0.2) is 28.9 Å². The molecule has 40 heavy (non-hydrogen) atoms. The Morgan fingerprint density at radius 1 is 1.02 bits per heavy atom. The summed E-state index contributed by atoms with van der Waals surface area (Å²) in [7, 11) is 0. The number of halogens is 2. The molecule has 0 unspecified atom stereocenters. The number of hydrogen-bond donors (Lipinski definition) is 1. The first-order valence-corrected chi connectivity index (χ1v) is 14.8. The number of Topliss-reactive ketones (excluding diaryl/α,β-unsaturated/α-hetero) is 1. The SMILES string of the molecule is CC1(C)CC[C@]2(NC(=O)C(C)(F)F)CC[C@]3(C)[C@@H](C(=O)C=C4[C@@]5(C)C=C(C#N)C(=O)C(C)(C)[C@@H]5CC[C@]43C)[C@@H]2C1. The molecule has 0 bridgehead atoms. The van der Waals surface area contributed by atoms with Crippen LogP contribution in [0.3, 0.4) is 0 Å². The molecule has 1 N–H and O–H groups in total. The number of ketones is 2. The Labute approximate surface area is 237 Å². The maximum atomic E-state index is 14.4. The topological polar surface area (TPSA) is 87.0 Å². The minimum Gasteiger partial charge on any atom is -0.345 e. The first-order valence-electron chi connectivity index (χ1n) is 14.8. The van der Waals surface area contributed by atoms with E-state index >= 15 is 0 Å². The van der Waals surface area contributed by atoms with E-state index in [4.69, 9.17) is 0 Å². The van der Waals surface area contributed by atoms with Crippen molar-refractivity contribution in [3.63, 3.8) is 0 Å². The minimum absolute atomic E-state index is 0.0113. The van der Waals surface area contributed by atoms with E-state index in [9.17, 15) is 28.4 Å². The maximum absolute atomic E-state index is 14.4. The molecule has 3 fully saturated rings. The average Bonchev–Trinajstić information content (AvgIpc) is 2.83. The smallest absolute Gasteiger partial charge is 0.321 e. The molecule has 0 saturated heterocycles. The van der Waals surface area contributed by atoms with Crippen LogP contribution in [0.1, 0.15) is 100 Å². The number of fused-ring (bicyclic) bond motifs is 7. The molecule has 5 nitrogen and oxygen atoms in total. The molecule has 0 aromatic carbocycles. The van der Waals surface area contributed by atoms with Gasteiger partial charge in [-0.3, -0.25) is 14.4 Å². The van der Waals surface area contributed by atoms with Gasteiger partial charge < -0.3 is 5.32 Å². The minimum atomic E-state index is -3.49. The molecule has 5 aliphatic rings. The third-order valence-corrected chi connectivity index (χ3v) is 12.6. The van der Waals surface area contributed by atoms with Gasteiger partial charge in [-0.15, -0.1) is 0 Å². The highest BCUT2D eigenvalue weighted by atomic mass is 19.3. The van der Waals surface area contributed by atoms with Gasteiger partial charge in [-0.05, 0) is 79.1 Å². The van der Waals surface area contributed by atoms with Crippen LogP contribution in [0.2, 0.25) is 0 Å². The van der Waals surface area contributed by atoms with Crippen LogP contribution in [0, 0.1) is 56.2 Å². The first-order chi connectivity index (χ1) is 18.2. The normalized spacial score (nSPS) is 43.6. The molecule has 5 rings (SSSR count). The number of amides is 1. The van der Waals surface area contributed by atoms with Gasteiger partial charge in [0, 0.05) is 29.2 Å². The lowest BCUT2D eigenvalue weighted by molar-refractivity contribution is -0.168. The van der Waals surface area contributed by atoms with Crippen LogP contribution < -0.4 is 5.32 Å². The third-order valence-electron chi connectivity index (χ3n) is 12.6. The van der Waals surface area contributed by atoms with Gasteiger partial charge in [-0.2, -0.15) is 14.0 Å². The number of nitrogens with zero attached hydrogens (tertiary/aromatic N) is 1. The predicted molar refractivity (Wildman–Crippen MR) is 148 cm³/mol. The zero-order valence-corrected chi connectivity index (χ0v) is 25.3. The Balaban J connectivity index is 1.67. The van der Waals surface area contributed by atoms with Crippen LogP contribution in [0.4, 0.5) is 8.78 Å². The third kappa shape index (κ3) is 3.69. The molecule has 7 heteroatoms. The second kappa shape index (κ2) is 8.35. The van der Waals surface area contributed by atoms with Crippen molar-refractivity contribution in [1.29, 1.82) is 5.26 Å². The second-order valence-electron chi connectivity index (χ2n) is 15.8. The van der Waals surface area contributed by atoms with E-state index < -0.39 is 44.9 Å². The van der Waals surface area contributed by atoms with E-state index in [1.54, 1.807) is 6.08 Å². The summed E-state index contributed by atoms with van der Waals surface area (Å²) >= 11 is 0. The Morgan fingerprint density at radius 2 is 1.65 bits per heavy atom. The van der Waals surface area contributed by atoms with Crippen molar-refractivity contribution in [3.8, 4) is 6.07 Å². The standard InChI is InChI=1S/C33H44F2N2O3/c1-27(2)11-13-33(37-26(40)32(8,34)35)14-12-31(7)24(20(33)17-27)21(38)15-23-29(5)16-19(18-36)25(39)28(3,4)22(29)9-10-30(23,31)6/h15-16,20,22,24H,9-14,17H2,1-8H3,(H,37,40)/t20-,22-,24+,29-,30+,31+,33-/m0/s1. The number of rotatable bonds is 2. The van der Waals surface area contributed by atoms with E-state index in [1.807, 2.05) is 19.9 Å². The molecular weight excluding hydrogens is 510 g/mol. The van der Waals surface area contributed by atoms with Gasteiger partial charge in [-0.1, -0.05) is 60.1 Å². The van der Waals surface area contributed by atoms with Gasteiger partial charge in [0.15, 0.2) is 11.6 Å². The summed E-state index contributed by atoms with van der Waals surface area (Å²) in [5, 5.41) is 12.7. The van der Waals surface area contributed by atoms with Crippen molar-refractivity contribution in [3.05, 3.63) is 23.3 Å². The zero-order valence-electron chi connectivity index (χ0n) is 25.3. The lowest BCUT2D eigenvalue weighted by Crippen LogP contribution is -2.70. The zero-order chi connectivity index (χ0) is 29.9. The molecule has 7 atom stereocenters.